The van der Waals surface area contributed by atoms with Crippen LogP contribution in [0.2, 0.25) is 0 Å². The molecule has 2 amide bonds. The number of nitrogens with zero attached hydrogens (tertiary/aromatic N) is 4. The van der Waals surface area contributed by atoms with Crippen LogP contribution < -0.4 is 0 Å². The number of aromatic nitrogens is 3. The van der Waals surface area contributed by atoms with Crippen molar-refractivity contribution >= 4 is 38.7 Å². The Bertz CT molecular complexity index is 1490. The summed E-state index contributed by atoms with van der Waals surface area (Å²) in [7, 11) is -6.30. The molecule has 0 atom stereocenters. The van der Waals surface area contributed by atoms with E-state index < -0.39 is 38.5 Å². The maximum atomic E-state index is 12.9. The molecule has 2 aromatic carbocycles. The molecule has 12 nitrogen and oxygen atoms in total. The Morgan fingerprint density at radius 2 is 1.83 bits per heavy atom. The third-order valence-electron chi connectivity index (χ3n) is 4.98. The molecule has 36 heavy (non-hydrogen) atoms. The van der Waals surface area contributed by atoms with Crippen LogP contribution in [0.25, 0.3) is 16.5 Å². The number of alkyl halides is 3. The van der Waals surface area contributed by atoms with Crippen molar-refractivity contribution in [3.63, 3.8) is 0 Å². The van der Waals surface area contributed by atoms with Gasteiger partial charge in [0.25, 0.3) is 11.8 Å². The summed E-state index contributed by atoms with van der Waals surface area (Å²) in [6.07, 6.45) is 1.68. The van der Waals surface area contributed by atoms with Gasteiger partial charge in [-0.25, -0.2) is 4.68 Å². The van der Waals surface area contributed by atoms with Crippen LogP contribution in [0, 0.1) is 0 Å². The van der Waals surface area contributed by atoms with Crippen molar-refractivity contribution in [2.75, 3.05) is 6.61 Å². The van der Waals surface area contributed by atoms with Gasteiger partial charge < -0.3 is 9.84 Å². The first-order chi connectivity index (χ1) is 16.9. The van der Waals surface area contributed by atoms with E-state index in [0.717, 1.165) is 0 Å². The van der Waals surface area contributed by atoms with Gasteiger partial charge in [-0.15, -0.1) is 14.4 Å². The number of aliphatic carboxylic acids is 1. The van der Waals surface area contributed by atoms with E-state index >= 15 is 0 Å². The van der Waals surface area contributed by atoms with E-state index in [1.165, 1.54) is 35.1 Å². The summed E-state index contributed by atoms with van der Waals surface area (Å²) >= 11 is 0. The molecule has 190 valence electrons. The maximum absolute atomic E-state index is 12.9. The van der Waals surface area contributed by atoms with Gasteiger partial charge in [-0.1, -0.05) is 17.3 Å². The lowest BCUT2D eigenvalue weighted by molar-refractivity contribution is -0.137. The Hall–Kier alpha value is -3.89. The summed E-state index contributed by atoms with van der Waals surface area (Å²) in [6.45, 7) is 0.176. The lowest BCUT2D eigenvalue weighted by Gasteiger charge is -2.26. The first-order valence-corrected chi connectivity index (χ1v) is 11.5. The first kappa shape index (κ1) is 25.2. The number of benzene rings is 2. The third kappa shape index (κ3) is 4.77. The molecule has 0 radical (unpaired) electrons. The fraction of sp³-hybridized carbons (Fsp3) is 0.250. The smallest absolute Gasteiger partial charge is 0.481 e. The van der Waals surface area contributed by atoms with E-state index in [4.69, 9.17) is 9.84 Å². The Morgan fingerprint density at radius 3 is 2.53 bits per heavy atom. The zero-order valence-corrected chi connectivity index (χ0v) is 18.7. The zero-order valence-electron chi connectivity index (χ0n) is 17.9. The van der Waals surface area contributed by atoms with Crippen LogP contribution in [0.3, 0.4) is 0 Å². The quantitative estimate of drug-likeness (QED) is 0.248. The van der Waals surface area contributed by atoms with Gasteiger partial charge >= 0.3 is 21.6 Å². The SMILES string of the molecule is O=C(O)CCCOCc1cn(-c2cc3c4c(cccc4c2)C(=O)N(OS(=O)(=O)C(F)(F)F)C3=O)nn1. The van der Waals surface area contributed by atoms with Crippen LogP contribution in [0.5, 0.6) is 0 Å². The standard InChI is InChI=1S/C20H15F3N4O8S/c21-20(22,23)36(32,33)35-27-18(30)14-4-1-3-11-7-13(8-15(17(11)14)19(27)31)26-9-12(24-25-26)10-34-6-2-5-16(28)29/h1,3-4,7-9H,2,5-6,10H2,(H,28,29). The van der Waals surface area contributed by atoms with E-state index in [0.29, 0.717) is 17.5 Å². The predicted molar refractivity (Wildman–Crippen MR) is 112 cm³/mol. The summed E-state index contributed by atoms with van der Waals surface area (Å²) < 4.78 is 71.8. The molecule has 0 saturated heterocycles. The van der Waals surface area contributed by atoms with Crippen molar-refractivity contribution in [2.45, 2.75) is 25.0 Å². The molecule has 0 aliphatic carbocycles. The van der Waals surface area contributed by atoms with Crippen molar-refractivity contribution in [3.8, 4) is 5.69 Å². The first-order valence-electron chi connectivity index (χ1n) is 10.1. The van der Waals surface area contributed by atoms with Gasteiger partial charge in [0.15, 0.2) is 0 Å². The van der Waals surface area contributed by atoms with Gasteiger partial charge in [0.1, 0.15) is 5.69 Å². The number of hydrogen-bond donors (Lipinski definition) is 1. The summed E-state index contributed by atoms with van der Waals surface area (Å²) in [4.78, 5) is 36.1. The van der Waals surface area contributed by atoms with Crippen LogP contribution in [0.4, 0.5) is 13.2 Å². The Kier molecular flexibility index (Phi) is 6.50. The minimum Gasteiger partial charge on any atom is -0.481 e. The lowest BCUT2D eigenvalue weighted by atomic mass is 9.94. The van der Waals surface area contributed by atoms with E-state index in [2.05, 4.69) is 14.6 Å². The Balaban J connectivity index is 1.65. The van der Waals surface area contributed by atoms with Gasteiger partial charge in [-0.2, -0.15) is 21.6 Å². The van der Waals surface area contributed by atoms with Crippen molar-refractivity contribution in [3.05, 3.63) is 53.3 Å². The summed E-state index contributed by atoms with van der Waals surface area (Å²) in [6, 6.07) is 6.89. The number of amides is 2. The number of carboxylic acids is 1. The van der Waals surface area contributed by atoms with Gasteiger partial charge in [0, 0.05) is 18.4 Å². The predicted octanol–water partition coefficient (Wildman–Crippen LogP) is 2.18. The van der Waals surface area contributed by atoms with Gasteiger partial charge in [-0.05, 0) is 30.0 Å². The number of hydroxylamine groups is 2. The number of rotatable bonds is 9. The van der Waals surface area contributed by atoms with Gasteiger partial charge in [0.05, 0.1) is 29.6 Å². The minimum atomic E-state index is -6.30. The summed E-state index contributed by atoms with van der Waals surface area (Å²) in [5.41, 5.74) is -5.82. The fourth-order valence-electron chi connectivity index (χ4n) is 3.40. The number of carboxylic acid groups (broad SMARTS) is 1. The molecule has 4 rings (SSSR count). The highest BCUT2D eigenvalue weighted by Gasteiger charge is 2.51. The molecule has 3 aromatic rings. The summed E-state index contributed by atoms with van der Waals surface area (Å²) in [5, 5.41) is 16.4. The molecule has 1 N–H and O–H groups in total. The molecule has 16 heteroatoms. The van der Waals surface area contributed by atoms with E-state index in [9.17, 15) is 36.0 Å². The monoisotopic (exact) mass is 528 g/mol. The van der Waals surface area contributed by atoms with Crippen molar-refractivity contribution in [1.82, 2.24) is 20.1 Å². The summed E-state index contributed by atoms with van der Waals surface area (Å²) in [5.74, 6) is -3.74. The largest absolute Gasteiger partial charge is 0.525 e. The molecule has 0 fully saturated rings. The number of carbonyl (C=O) groups is 3. The average Bonchev–Trinajstić information content (AvgIpc) is 3.27. The number of carbonyl (C=O) groups excluding carboxylic acids is 2. The topological polar surface area (TPSA) is 158 Å². The molecule has 2 heterocycles. The van der Waals surface area contributed by atoms with E-state index in [1.54, 1.807) is 6.07 Å². The van der Waals surface area contributed by atoms with Crippen LogP contribution >= 0.6 is 0 Å². The highest BCUT2D eigenvalue weighted by Crippen LogP contribution is 2.34. The number of hydrogen-bond acceptors (Lipinski definition) is 9. The van der Waals surface area contributed by atoms with Crippen molar-refractivity contribution in [2.24, 2.45) is 0 Å². The van der Waals surface area contributed by atoms with Gasteiger partial charge in [0.2, 0.25) is 0 Å². The number of ether oxygens (including phenoxy) is 1. The molecular formula is C20H15F3N4O8S. The molecule has 0 saturated carbocycles. The molecule has 0 unspecified atom stereocenters. The molecule has 1 aliphatic rings. The fourth-order valence-corrected chi connectivity index (χ4v) is 3.82. The molecular weight excluding hydrogens is 513 g/mol. The zero-order chi connectivity index (χ0) is 26.3. The maximum Gasteiger partial charge on any atom is 0.525 e. The van der Waals surface area contributed by atoms with Gasteiger partial charge in [-0.3, -0.25) is 14.4 Å². The molecule has 1 aromatic heterocycles. The lowest BCUT2D eigenvalue weighted by Crippen LogP contribution is -2.44. The van der Waals surface area contributed by atoms with Crippen LogP contribution in [0.15, 0.2) is 36.5 Å². The minimum absolute atomic E-state index is 0.00849. The van der Waals surface area contributed by atoms with E-state index in [1.807, 2.05) is 0 Å². The highest BCUT2D eigenvalue weighted by atomic mass is 32.2. The molecule has 1 aliphatic heterocycles. The molecule has 0 bridgehead atoms. The normalized spacial score (nSPS) is 14.0. The van der Waals surface area contributed by atoms with Crippen molar-refractivity contribution < 1.29 is 50.1 Å². The van der Waals surface area contributed by atoms with Crippen LogP contribution in [-0.2, 0) is 30.5 Å². The Morgan fingerprint density at radius 1 is 1.11 bits per heavy atom. The average molecular weight is 528 g/mol. The Labute approximate surface area is 199 Å². The third-order valence-corrected chi connectivity index (χ3v) is 5.89. The van der Waals surface area contributed by atoms with E-state index in [-0.39, 0.29) is 41.8 Å². The second kappa shape index (κ2) is 9.29. The van der Waals surface area contributed by atoms with Crippen LogP contribution in [0.1, 0.15) is 39.3 Å². The second-order valence-electron chi connectivity index (χ2n) is 7.48. The molecule has 0 spiro atoms. The van der Waals surface area contributed by atoms with Crippen LogP contribution in [-0.4, -0.2) is 63.5 Å². The number of halogens is 3. The van der Waals surface area contributed by atoms with Crippen molar-refractivity contribution in [1.29, 1.82) is 0 Å². The second-order valence-corrected chi connectivity index (χ2v) is 9.00. The highest BCUT2D eigenvalue weighted by molar-refractivity contribution is 7.87. The number of imide groups is 1.